The average Bonchev–Trinajstić information content (AvgIpc) is 2.45. The van der Waals surface area contributed by atoms with Gasteiger partial charge in [0.15, 0.2) is 12.4 Å². The molecular weight excluding hydrogens is 256 g/mol. The van der Waals surface area contributed by atoms with Crippen LogP contribution in [0.4, 0.5) is 0 Å². The predicted octanol–water partition coefficient (Wildman–Crippen LogP) is -0.227. The van der Waals surface area contributed by atoms with E-state index in [0.717, 1.165) is 25.7 Å². The normalized spacial score (nSPS) is 22.2. The van der Waals surface area contributed by atoms with Gasteiger partial charge in [0.25, 0.3) is 0 Å². The fraction of sp³-hybridized carbons (Fsp3) is 0.667. The van der Waals surface area contributed by atoms with Crippen molar-refractivity contribution in [2.75, 3.05) is 13.1 Å². The molecule has 0 aromatic heterocycles. The van der Waals surface area contributed by atoms with Crippen molar-refractivity contribution in [3.05, 3.63) is 0 Å². The second-order valence-corrected chi connectivity index (χ2v) is 4.84. The molecule has 0 heterocycles. The van der Waals surface area contributed by atoms with Crippen molar-refractivity contribution in [3.8, 4) is 12.4 Å². The number of hydrogen-bond acceptors (Lipinski definition) is 4. The van der Waals surface area contributed by atoms with E-state index >= 15 is 0 Å². The van der Waals surface area contributed by atoms with Crippen molar-refractivity contribution < 1.29 is 0 Å². The smallest absolute Gasteiger partial charge is 0.202 e. The third-order valence-corrected chi connectivity index (χ3v) is 3.42. The van der Waals surface area contributed by atoms with Gasteiger partial charge in [-0.1, -0.05) is 0 Å². The van der Waals surface area contributed by atoms with Crippen LogP contribution in [0.2, 0.25) is 0 Å². The lowest BCUT2D eigenvalue weighted by atomic mass is 9.82. The number of nitrogens with one attached hydrogen (secondary N) is 4. The van der Waals surface area contributed by atoms with E-state index < -0.39 is 0 Å². The van der Waals surface area contributed by atoms with Crippen LogP contribution in [0.3, 0.4) is 0 Å². The molecule has 0 amide bonds. The van der Waals surface area contributed by atoms with Crippen molar-refractivity contribution in [3.63, 3.8) is 0 Å². The van der Waals surface area contributed by atoms with Crippen molar-refractivity contribution >= 4 is 11.9 Å². The minimum Gasteiger partial charge on any atom is -0.369 e. The van der Waals surface area contributed by atoms with Gasteiger partial charge in [0.05, 0.1) is 0 Å². The third-order valence-electron chi connectivity index (χ3n) is 3.42. The molecule has 0 saturated heterocycles. The Labute approximate surface area is 118 Å². The van der Waals surface area contributed by atoms with Gasteiger partial charge in [-0.05, 0) is 37.5 Å². The summed E-state index contributed by atoms with van der Waals surface area (Å²) in [5.41, 5.74) is 5.49. The summed E-state index contributed by atoms with van der Waals surface area (Å²) in [6.45, 7) is 1.36. The van der Waals surface area contributed by atoms with E-state index in [1.54, 1.807) is 12.4 Å². The molecule has 20 heavy (non-hydrogen) atoms. The maximum absolute atomic E-state index is 8.38. The summed E-state index contributed by atoms with van der Waals surface area (Å²) >= 11 is 0. The number of rotatable bonds is 4. The highest BCUT2D eigenvalue weighted by molar-refractivity contribution is 5.79. The molecular formula is C12H20N8. The van der Waals surface area contributed by atoms with Crippen LogP contribution in [-0.2, 0) is 0 Å². The second-order valence-electron chi connectivity index (χ2n) is 4.84. The van der Waals surface area contributed by atoms with E-state index in [1.165, 1.54) is 0 Å². The van der Waals surface area contributed by atoms with Gasteiger partial charge in [-0.2, -0.15) is 10.5 Å². The van der Waals surface area contributed by atoms with Gasteiger partial charge in [-0.25, -0.2) is 0 Å². The van der Waals surface area contributed by atoms with Gasteiger partial charge in [0.2, 0.25) is 11.9 Å². The molecule has 1 aliphatic rings. The third kappa shape index (κ3) is 5.91. The van der Waals surface area contributed by atoms with E-state index in [4.69, 9.17) is 21.7 Å². The number of hydrogen-bond donors (Lipinski definition) is 5. The van der Waals surface area contributed by atoms with Gasteiger partial charge in [-0.15, -0.1) is 0 Å². The lowest BCUT2D eigenvalue weighted by molar-refractivity contribution is 0.279. The molecule has 0 aromatic carbocycles. The molecule has 0 spiro atoms. The first-order valence-corrected chi connectivity index (χ1v) is 6.58. The first kappa shape index (κ1) is 15.6. The van der Waals surface area contributed by atoms with Crippen LogP contribution in [0.1, 0.15) is 25.7 Å². The van der Waals surface area contributed by atoms with Gasteiger partial charge < -0.3 is 11.1 Å². The number of guanidine groups is 2. The molecule has 1 rings (SSSR count). The zero-order valence-electron chi connectivity index (χ0n) is 11.3. The summed E-state index contributed by atoms with van der Waals surface area (Å²) in [6.07, 6.45) is 7.71. The van der Waals surface area contributed by atoms with Gasteiger partial charge >= 0.3 is 0 Å². The Hall–Kier alpha value is -2.48. The van der Waals surface area contributed by atoms with Crippen molar-refractivity contribution in [2.24, 2.45) is 22.6 Å². The lowest BCUT2D eigenvalue weighted by Crippen LogP contribution is -2.37. The van der Waals surface area contributed by atoms with E-state index in [9.17, 15) is 0 Å². The molecule has 108 valence electrons. The second kappa shape index (κ2) is 8.59. The monoisotopic (exact) mass is 276 g/mol. The van der Waals surface area contributed by atoms with Crippen LogP contribution in [-0.4, -0.2) is 25.0 Å². The van der Waals surface area contributed by atoms with Crippen molar-refractivity contribution in [1.29, 1.82) is 15.9 Å². The molecule has 6 N–H and O–H groups in total. The molecule has 0 aliphatic heterocycles. The average molecular weight is 276 g/mol. The van der Waals surface area contributed by atoms with Crippen molar-refractivity contribution in [1.82, 2.24) is 16.0 Å². The van der Waals surface area contributed by atoms with E-state index in [2.05, 4.69) is 20.9 Å². The Morgan fingerprint density at radius 2 is 1.75 bits per heavy atom. The molecule has 8 heteroatoms. The Morgan fingerprint density at radius 1 is 1.15 bits per heavy atom. The predicted molar refractivity (Wildman–Crippen MR) is 75.2 cm³/mol. The summed E-state index contributed by atoms with van der Waals surface area (Å²) in [7, 11) is 0. The summed E-state index contributed by atoms with van der Waals surface area (Å²) in [5, 5.41) is 31.6. The molecule has 0 aromatic rings. The van der Waals surface area contributed by atoms with Gasteiger partial charge in [0.1, 0.15) is 0 Å². The van der Waals surface area contributed by atoms with Crippen molar-refractivity contribution in [2.45, 2.75) is 25.7 Å². The molecule has 1 saturated carbocycles. The molecule has 0 bridgehead atoms. The quantitative estimate of drug-likeness (QED) is 0.207. The minimum atomic E-state index is 0.0505. The Kier molecular flexibility index (Phi) is 6.69. The fourth-order valence-electron chi connectivity index (χ4n) is 2.29. The standard InChI is InChI=1S/C12H20N8/c13-7-19-11(15)17-5-9-1-2-10(4-3-9)6-18-12(16)20-8-14/h9-10H,1-6H2,(H3,15,17,19)(H3,16,18,20). The largest absolute Gasteiger partial charge is 0.369 e. The number of nitriles is 2. The Balaban J connectivity index is 2.20. The van der Waals surface area contributed by atoms with Crippen LogP contribution in [0.25, 0.3) is 0 Å². The van der Waals surface area contributed by atoms with Crippen LogP contribution < -0.4 is 21.7 Å². The minimum absolute atomic E-state index is 0.0505. The summed E-state index contributed by atoms with van der Waals surface area (Å²) in [4.78, 5) is 4.13. The van der Waals surface area contributed by atoms with Gasteiger partial charge in [0, 0.05) is 13.1 Å². The zero-order chi connectivity index (χ0) is 14.8. The lowest BCUT2D eigenvalue weighted by Gasteiger charge is -2.27. The SMILES string of the molecule is N#CNC(=N)NCC1CCC(CN=C(N)NC#N)CC1. The first-order chi connectivity index (χ1) is 9.65. The van der Waals surface area contributed by atoms with Gasteiger partial charge in [-0.3, -0.25) is 21.0 Å². The molecule has 1 aliphatic carbocycles. The fourth-order valence-corrected chi connectivity index (χ4v) is 2.29. The maximum atomic E-state index is 8.38. The summed E-state index contributed by atoms with van der Waals surface area (Å²) in [5.74, 6) is 1.24. The highest BCUT2D eigenvalue weighted by atomic mass is 15.1. The molecule has 1 fully saturated rings. The highest BCUT2D eigenvalue weighted by Crippen LogP contribution is 2.28. The summed E-state index contributed by atoms with van der Waals surface area (Å²) in [6, 6.07) is 0. The zero-order valence-corrected chi connectivity index (χ0v) is 11.3. The topological polar surface area (TPSA) is 146 Å². The van der Waals surface area contributed by atoms with E-state index in [1.807, 2.05) is 0 Å². The number of nitrogens with zero attached hydrogens (tertiary/aromatic N) is 3. The maximum Gasteiger partial charge on any atom is 0.202 e. The Morgan fingerprint density at radius 3 is 2.35 bits per heavy atom. The van der Waals surface area contributed by atoms with E-state index in [0.29, 0.717) is 24.9 Å². The first-order valence-electron chi connectivity index (χ1n) is 6.58. The van der Waals surface area contributed by atoms with E-state index in [-0.39, 0.29) is 11.9 Å². The molecule has 0 atom stereocenters. The van der Waals surface area contributed by atoms with Crippen LogP contribution >= 0.6 is 0 Å². The molecule has 0 unspecified atom stereocenters. The van der Waals surface area contributed by atoms with Crippen LogP contribution in [0.15, 0.2) is 4.99 Å². The highest BCUT2D eigenvalue weighted by Gasteiger charge is 2.21. The van der Waals surface area contributed by atoms with Crippen LogP contribution in [0, 0.1) is 40.2 Å². The molecule has 8 nitrogen and oxygen atoms in total. The Bertz CT molecular complexity index is 422. The number of aliphatic imine (C=N–C) groups is 1. The summed E-state index contributed by atoms with van der Waals surface area (Å²) < 4.78 is 0. The number of nitrogens with two attached hydrogens (primary N) is 1. The van der Waals surface area contributed by atoms with Crippen LogP contribution in [0.5, 0.6) is 0 Å². The molecule has 0 radical (unpaired) electrons.